The van der Waals surface area contributed by atoms with E-state index in [1.54, 1.807) is 6.20 Å². The number of Topliss-reactive ketones (excluding diaryl/α,β-unsaturated/α-hetero) is 1. The van der Waals surface area contributed by atoms with E-state index in [0.29, 0.717) is 37.7 Å². The topological polar surface area (TPSA) is 178 Å². The maximum Gasteiger partial charge on any atom is 0.245 e. The Balaban J connectivity index is 1.17. The summed E-state index contributed by atoms with van der Waals surface area (Å²) in [7, 11) is -2.83. The first-order chi connectivity index (χ1) is 25.3. The molecule has 2 aliphatic carbocycles. The van der Waals surface area contributed by atoms with Crippen LogP contribution in [0.4, 0.5) is 4.39 Å². The molecule has 0 radical (unpaired) electrons. The van der Waals surface area contributed by atoms with Crippen LogP contribution in [-0.2, 0) is 26.7 Å². The van der Waals surface area contributed by atoms with Crippen molar-refractivity contribution < 1.29 is 47.9 Å². The first-order valence-corrected chi connectivity index (χ1v) is 20.1. The van der Waals surface area contributed by atoms with Crippen molar-refractivity contribution in [2.45, 2.75) is 105 Å². The fraction of sp³-hybridized carbons (Fsp3) is 0.538. The Labute approximate surface area is 315 Å². The van der Waals surface area contributed by atoms with Gasteiger partial charge in [0.05, 0.1) is 18.8 Å². The molecule has 0 aliphatic heterocycles. The number of rotatable bonds is 22. The van der Waals surface area contributed by atoms with E-state index in [9.17, 15) is 33.6 Å². The molecule has 4 atom stereocenters. The third-order valence-corrected chi connectivity index (χ3v) is 12.7. The monoisotopic (exact) mass is 776 g/mol. The van der Waals surface area contributed by atoms with Crippen molar-refractivity contribution in [3.05, 3.63) is 76.8 Å². The molecule has 3 aromatic rings. The largest absolute Gasteiger partial charge is 0.490 e. The fourth-order valence-corrected chi connectivity index (χ4v) is 8.32. The second-order valence-electron chi connectivity index (χ2n) is 14.4. The van der Waals surface area contributed by atoms with E-state index in [0.717, 1.165) is 58.5 Å². The van der Waals surface area contributed by atoms with Gasteiger partial charge in [0.25, 0.3) is 0 Å². The van der Waals surface area contributed by atoms with Crippen LogP contribution in [0.2, 0.25) is 5.02 Å². The Hall–Kier alpha value is -3.01. The molecule has 2 saturated carbocycles. The van der Waals surface area contributed by atoms with E-state index < -0.39 is 58.2 Å². The SMILES string of the molecule is CN(CCCCCC(=O)C[C@@H](CO)[C@@H](O)[C@H](O)[C@H](O)CO)S(=O)(=O)c1cc(CCC2(c3cnccc3-c3ccccc3OC3CC3)CC2)c(Cl)cc1F. The second kappa shape index (κ2) is 18.1. The number of aliphatic hydroxyl groups is 5. The van der Waals surface area contributed by atoms with Gasteiger partial charge in [-0.1, -0.05) is 36.2 Å². The number of hydrogen-bond donors (Lipinski definition) is 5. The number of pyridine rings is 1. The molecule has 0 bridgehead atoms. The summed E-state index contributed by atoms with van der Waals surface area (Å²) in [6.07, 6.45) is 5.15. The minimum absolute atomic E-state index is 0.0793. The van der Waals surface area contributed by atoms with Crippen LogP contribution in [0.25, 0.3) is 11.1 Å². The molecule has 0 amide bonds. The van der Waals surface area contributed by atoms with Crippen LogP contribution in [0.3, 0.4) is 0 Å². The van der Waals surface area contributed by atoms with E-state index in [-0.39, 0.29) is 41.7 Å². The van der Waals surface area contributed by atoms with Crippen LogP contribution in [0.15, 0.2) is 59.8 Å². The van der Waals surface area contributed by atoms with Gasteiger partial charge in [-0.3, -0.25) is 9.78 Å². The first-order valence-electron chi connectivity index (χ1n) is 18.2. The number of unbranched alkanes of at least 4 members (excludes halogenated alkanes) is 2. The van der Waals surface area contributed by atoms with Gasteiger partial charge in [-0.15, -0.1) is 0 Å². The molecule has 2 aromatic carbocycles. The van der Waals surface area contributed by atoms with Gasteiger partial charge < -0.3 is 30.3 Å². The highest BCUT2D eigenvalue weighted by Crippen LogP contribution is 2.55. The minimum atomic E-state index is -4.21. The number of hydrogen-bond acceptors (Lipinski definition) is 10. The van der Waals surface area contributed by atoms with Crippen LogP contribution in [-0.4, -0.2) is 100 Å². The van der Waals surface area contributed by atoms with Crippen molar-refractivity contribution >= 4 is 27.4 Å². The fourth-order valence-electron chi connectivity index (χ4n) is 6.77. The van der Waals surface area contributed by atoms with Crippen LogP contribution >= 0.6 is 11.6 Å². The van der Waals surface area contributed by atoms with Gasteiger partial charge in [0.2, 0.25) is 10.0 Å². The molecule has 14 heteroatoms. The second-order valence-corrected chi connectivity index (χ2v) is 16.9. The van der Waals surface area contributed by atoms with Gasteiger partial charge in [0.1, 0.15) is 34.5 Å². The van der Waals surface area contributed by atoms with E-state index in [4.69, 9.17) is 21.4 Å². The third kappa shape index (κ3) is 10.2. The standard InChI is InChI=1S/C39H50ClFN2O9S/c1-43(18-6-2-3-7-27(46)19-26(23-44)37(48)38(49)34(47)24-45)53(50,51)36-20-25(32(40)21-33(36)41)12-14-39(15-16-39)31-22-42-17-13-29(31)30-8-4-5-9-35(30)52-28-10-11-28/h4-5,8-9,13,17,20-22,26,28,34,37-38,44-45,47-49H,2-3,6-7,10-12,14-16,18-19,23-24H2,1H3/t26-,34+,37+,38+/m0/s1. The lowest BCUT2D eigenvalue weighted by atomic mass is 9.85. The lowest BCUT2D eigenvalue weighted by molar-refractivity contribution is -0.127. The number of para-hydroxylation sites is 1. The van der Waals surface area contributed by atoms with Crippen LogP contribution in [0.1, 0.15) is 75.3 Å². The molecule has 0 saturated heterocycles. The third-order valence-electron chi connectivity index (χ3n) is 10.5. The lowest BCUT2D eigenvalue weighted by Gasteiger charge is -2.27. The van der Waals surface area contributed by atoms with Gasteiger partial charge in [0.15, 0.2) is 0 Å². The number of carbonyl (C=O) groups excluding carboxylic acids is 1. The number of ether oxygens (including phenoxy) is 1. The zero-order chi connectivity index (χ0) is 38.3. The number of ketones is 1. The summed E-state index contributed by atoms with van der Waals surface area (Å²) >= 11 is 6.50. The molecule has 2 fully saturated rings. The highest BCUT2D eigenvalue weighted by molar-refractivity contribution is 7.89. The van der Waals surface area contributed by atoms with Gasteiger partial charge in [-0.2, -0.15) is 0 Å². The summed E-state index contributed by atoms with van der Waals surface area (Å²) in [6, 6.07) is 12.4. The summed E-state index contributed by atoms with van der Waals surface area (Å²) < 4.78 is 49.6. The first kappa shape index (κ1) is 41.2. The number of carbonyl (C=O) groups is 1. The Kier molecular flexibility index (Phi) is 14.0. The zero-order valence-corrected chi connectivity index (χ0v) is 31.5. The average molecular weight is 777 g/mol. The zero-order valence-electron chi connectivity index (χ0n) is 29.9. The predicted octanol–water partition coefficient (Wildman–Crippen LogP) is 4.57. The molecule has 5 rings (SSSR count). The van der Waals surface area contributed by atoms with Gasteiger partial charge in [0, 0.05) is 61.9 Å². The molecule has 1 aromatic heterocycles. The molecule has 11 nitrogen and oxygen atoms in total. The molecule has 2 aliphatic rings. The van der Waals surface area contributed by atoms with Crippen molar-refractivity contribution in [1.82, 2.24) is 9.29 Å². The van der Waals surface area contributed by atoms with Gasteiger partial charge in [-0.25, -0.2) is 17.1 Å². The van der Waals surface area contributed by atoms with E-state index in [1.165, 1.54) is 13.1 Å². The van der Waals surface area contributed by atoms with Crippen molar-refractivity contribution in [3.8, 4) is 16.9 Å². The Morgan fingerprint density at radius 3 is 2.45 bits per heavy atom. The van der Waals surface area contributed by atoms with Crippen molar-refractivity contribution in [1.29, 1.82) is 0 Å². The molecule has 0 unspecified atom stereocenters. The number of aryl methyl sites for hydroxylation is 1. The maximum atomic E-state index is 15.2. The summed E-state index contributed by atoms with van der Waals surface area (Å²) in [5.74, 6) is -1.40. The quantitative estimate of drug-likeness (QED) is 0.0909. The number of aromatic nitrogens is 1. The lowest BCUT2D eigenvalue weighted by Crippen LogP contribution is -2.45. The number of sulfonamides is 1. The van der Waals surface area contributed by atoms with E-state index in [1.807, 2.05) is 30.5 Å². The molecule has 290 valence electrons. The highest BCUT2D eigenvalue weighted by atomic mass is 35.5. The average Bonchev–Trinajstić information content (AvgIpc) is 4.10. The van der Waals surface area contributed by atoms with Gasteiger partial charge in [-0.05, 0) is 97.7 Å². The Morgan fingerprint density at radius 2 is 1.77 bits per heavy atom. The molecule has 5 N–H and O–H groups in total. The number of halogens is 2. The number of aliphatic hydroxyl groups excluding tert-OH is 5. The van der Waals surface area contributed by atoms with Crippen molar-refractivity contribution in [2.75, 3.05) is 26.8 Å². The minimum Gasteiger partial charge on any atom is -0.490 e. The van der Waals surface area contributed by atoms with Gasteiger partial charge >= 0.3 is 0 Å². The molecule has 1 heterocycles. The van der Waals surface area contributed by atoms with Crippen LogP contribution in [0, 0.1) is 11.7 Å². The van der Waals surface area contributed by atoms with Crippen molar-refractivity contribution in [3.63, 3.8) is 0 Å². The van der Waals surface area contributed by atoms with Crippen LogP contribution < -0.4 is 4.74 Å². The maximum absolute atomic E-state index is 15.2. The number of benzene rings is 2. The predicted molar refractivity (Wildman–Crippen MR) is 198 cm³/mol. The smallest absolute Gasteiger partial charge is 0.245 e. The molecule has 0 spiro atoms. The molecule has 53 heavy (non-hydrogen) atoms. The summed E-state index contributed by atoms with van der Waals surface area (Å²) in [5.41, 5.74) is 3.51. The Bertz CT molecular complexity index is 1820. The summed E-state index contributed by atoms with van der Waals surface area (Å²) in [6.45, 7) is -1.32. The molecular formula is C39H50ClFN2O9S. The highest BCUT2D eigenvalue weighted by Gasteiger charge is 2.46. The summed E-state index contributed by atoms with van der Waals surface area (Å²) in [5, 5.41) is 48.3. The Morgan fingerprint density at radius 1 is 1.04 bits per heavy atom. The number of nitrogens with zero attached hydrogens (tertiary/aromatic N) is 2. The molecular weight excluding hydrogens is 727 g/mol. The van der Waals surface area contributed by atoms with Crippen molar-refractivity contribution in [2.24, 2.45) is 5.92 Å². The van der Waals surface area contributed by atoms with E-state index >= 15 is 4.39 Å². The summed E-state index contributed by atoms with van der Waals surface area (Å²) in [4.78, 5) is 16.5. The van der Waals surface area contributed by atoms with Crippen LogP contribution in [0.5, 0.6) is 5.75 Å². The van der Waals surface area contributed by atoms with E-state index in [2.05, 4.69) is 11.1 Å². The normalized spacial score (nSPS) is 17.7.